The molecule has 1 atom stereocenters. The zero-order valence-corrected chi connectivity index (χ0v) is 22.5. The lowest BCUT2D eigenvalue weighted by atomic mass is 9.95. The van der Waals surface area contributed by atoms with Crippen LogP contribution in [0.2, 0.25) is 0 Å². The Hall–Kier alpha value is -4.43. The molecule has 1 unspecified atom stereocenters. The van der Waals surface area contributed by atoms with Crippen molar-refractivity contribution in [1.82, 2.24) is 4.98 Å². The third kappa shape index (κ3) is 5.42. The first-order valence-corrected chi connectivity index (χ1v) is 13.6. The third-order valence-electron chi connectivity index (χ3n) is 6.52. The minimum Gasteiger partial charge on any atom is -0.507 e. The van der Waals surface area contributed by atoms with Crippen LogP contribution in [0.3, 0.4) is 0 Å². The molecule has 198 valence electrons. The lowest BCUT2D eigenvalue weighted by Crippen LogP contribution is -2.29. The standard InChI is InChI=1S/C31H28N2O5S/c1-3-17-37-24-12-8-21(9-13-24)27-26(29(35)30(36)33(27)31-32-16-18-39-31)28(34)22-10-14-25(15-11-22)38-19-23-7-5-4-6-20(23)2/h4-16,18,27,34H,3,17,19H2,1-2H3. The summed E-state index contributed by atoms with van der Waals surface area (Å²) in [5.41, 5.74) is 3.29. The second-order valence-electron chi connectivity index (χ2n) is 9.14. The number of ether oxygens (including phenoxy) is 2. The van der Waals surface area contributed by atoms with Gasteiger partial charge in [-0.25, -0.2) is 4.98 Å². The van der Waals surface area contributed by atoms with E-state index in [-0.39, 0.29) is 11.3 Å². The predicted molar refractivity (Wildman–Crippen MR) is 151 cm³/mol. The number of aromatic nitrogens is 1. The molecule has 1 aromatic heterocycles. The van der Waals surface area contributed by atoms with E-state index < -0.39 is 17.7 Å². The van der Waals surface area contributed by atoms with E-state index in [4.69, 9.17) is 9.47 Å². The molecule has 39 heavy (non-hydrogen) atoms. The van der Waals surface area contributed by atoms with Gasteiger partial charge in [-0.15, -0.1) is 11.3 Å². The van der Waals surface area contributed by atoms with Crippen LogP contribution < -0.4 is 14.4 Å². The van der Waals surface area contributed by atoms with E-state index in [1.807, 2.05) is 38.1 Å². The maximum Gasteiger partial charge on any atom is 0.301 e. The molecule has 2 heterocycles. The highest BCUT2D eigenvalue weighted by Gasteiger charge is 2.48. The van der Waals surface area contributed by atoms with E-state index in [2.05, 4.69) is 4.98 Å². The van der Waals surface area contributed by atoms with Crippen molar-refractivity contribution in [3.05, 3.63) is 112 Å². The Kier molecular flexibility index (Phi) is 7.74. The molecular formula is C31H28N2O5S. The average molecular weight is 541 g/mol. The van der Waals surface area contributed by atoms with Crippen molar-refractivity contribution in [2.45, 2.75) is 32.9 Å². The van der Waals surface area contributed by atoms with Crippen molar-refractivity contribution in [3.63, 3.8) is 0 Å². The molecule has 1 fully saturated rings. The normalized spacial score (nSPS) is 16.5. The van der Waals surface area contributed by atoms with Gasteiger partial charge in [-0.05, 0) is 66.4 Å². The number of benzene rings is 3. The first-order chi connectivity index (χ1) is 19.0. The fourth-order valence-corrected chi connectivity index (χ4v) is 5.11. The van der Waals surface area contributed by atoms with E-state index >= 15 is 0 Å². The fraction of sp³-hybridized carbons (Fsp3) is 0.194. The van der Waals surface area contributed by atoms with Crippen LogP contribution in [0.4, 0.5) is 5.13 Å². The molecule has 1 aliphatic rings. The molecule has 1 amide bonds. The first kappa shape index (κ1) is 26.2. The Labute approximate surface area is 231 Å². The molecule has 7 nitrogen and oxygen atoms in total. The number of amides is 1. The van der Waals surface area contributed by atoms with Crippen molar-refractivity contribution in [2.24, 2.45) is 0 Å². The molecule has 1 aliphatic heterocycles. The summed E-state index contributed by atoms with van der Waals surface area (Å²) < 4.78 is 11.6. The molecule has 0 spiro atoms. The average Bonchev–Trinajstić information content (AvgIpc) is 3.58. The molecule has 4 aromatic rings. The summed E-state index contributed by atoms with van der Waals surface area (Å²) in [4.78, 5) is 32.1. The Morgan fingerprint density at radius 1 is 0.974 bits per heavy atom. The van der Waals surface area contributed by atoms with Gasteiger partial charge in [0.25, 0.3) is 5.78 Å². The van der Waals surface area contributed by atoms with Gasteiger partial charge in [0, 0.05) is 17.1 Å². The van der Waals surface area contributed by atoms with Crippen LogP contribution >= 0.6 is 11.3 Å². The van der Waals surface area contributed by atoms with Crippen molar-refractivity contribution in [2.75, 3.05) is 11.5 Å². The van der Waals surface area contributed by atoms with Crippen LogP contribution in [-0.2, 0) is 16.2 Å². The van der Waals surface area contributed by atoms with Gasteiger partial charge in [0.1, 0.15) is 23.9 Å². The maximum atomic E-state index is 13.3. The number of hydrogen-bond acceptors (Lipinski definition) is 7. The predicted octanol–water partition coefficient (Wildman–Crippen LogP) is 6.45. The summed E-state index contributed by atoms with van der Waals surface area (Å²) in [5.74, 6) is -0.445. The van der Waals surface area contributed by atoms with Gasteiger partial charge >= 0.3 is 5.91 Å². The molecule has 0 radical (unpaired) electrons. The number of nitrogens with zero attached hydrogens (tertiary/aromatic N) is 2. The molecule has 0 saturated carbocycles. The van der Waals surface area contributed by atoms with E-state index in [1.165, 1.54) is 16.2 Å². The topological polar surface area (TPSA) is 89.0 Å². The smallest absolute Gasteiger partial charge is 0.301 e. The van der Waals surface area contributed by atoms with Crippen LogP contribution in [0.15, 0.2) is 89.9 Å². The summed E-state index contributed by atoms with van der Waals surface area (Å²) in [6.07, 6.45) is 2.45. The van der Waals surface area contributed by atoms with Crippen LogP contribution in [0.25, 0.3) is 5.76 Å². The number of anilines is 1. The van der Waals surface area contributed by atoms with Crippen molar-refractivity contribution in [3.8, 4) is 11.5 Å². The number of carbonyl (C=O) groups excluding carboxylic acids is 2. The summed E-state index contributed by atoms with van der Waals surface area (Å²) >= 11 is 1.25. The monoisotopic (exact) mass is 540 g/mol. The lowest BCUT2D eigenvalue weighted by Gasteiger charge is -2.23. The van der Waals surface area contributed by atoms with Crippen LogP contribution in [0.1, 0.15) is 41.6 Å². The van der Waals surface area contributed by atoms with Gasteiger partial charge in [-0.3, -0.25) is 14.5 Å². The highest BCUT2D eigenvalue weighted by molar-refractivity contribution is 7.14. The molecular weight excluding hydrogens is 512 g/mol. The molecule has 1 N–H and O–H groups in total. The van der Waals surface area contributed by atoms with E-state index in [0.29, 0.717) is 41.0 Å². The highest BCUT2D eigenvalue weighted by atomic mass is 32.1. The fourth-order valence-electron chi connectivity index (χ4n) is 4.44. The number of Topliss-reactive ketones (excluding diaryl/α,β-unsaturated/α-hetero) is 1. The second-order valence-corrected chi connectivity index (χ2v) is 10.0. The van der Waals surface area contributed by atoms with Crippen LogP contribution in [0, 0.1) is 6.92 Å². The maximum absolute atomic E-state index is 13.3. The number of rotatable bonds is 9. The zero-order valence-electron chi connectivity index (χ0n) is 21.7. The van der Waals surface area contributed by atoms with E-state index in [0.717, 1.165) is 17.5 Å². The summed E-state index contributed by atoms with van der Waals surface area (Å²) in [7, 11) is 0. The number of aliphatic hydroxyl groups is 1. The molecule has 5 rings (SSSR count). The molecule has 0 bridgehead atoms. The molecule has 8 heteroatoms. The Balaban J connectivity index is 1.47. The number of aliphatic hydroxyl groups excluding tert-OH is 1. The van der Waals surface area contributed by atoms with Crippen LogP contribution in [-0.4, -0.2) is 28.4 Å². The number of carbonyl (C=O) groups is 2. The Bertz CT molecular complexity index is 1490. The van der Waals surface area contributed by atoms with Gasteiger partial charge < -0.3 is 14.6 Å². The van der Waals surface area contributed by atoms with Gasteiger partial charge in [0.15, 0.2) is 5.13 Å². The quantitative estimate of drug-likeness (QED) is 0.149. The van der Waals surface area contributed by atoms with E-state index in [9.17, 15) is 14.7 Å². The summed E-state index contributed by atoms with van der Waals surface area (Å²) in [5, 5.41) is 13.5. The highest BCUT2D eigenvalue weighted by Crippen LogP contribution is 2.43. The minimum absolute atomic E-state index is 0.00556. The van der Waals surface area contributed by atoms with E-state index in [1.54, 1.807) is 60.1 Å². The summed E-state index contributed by atoms with van der Waals surface area (Å²) in [6, 6.07) is 21.2. The number of ketones is 1. The van der Waals surface area contributed by atoms with Gasteiger partial charge in [-0.1, -0.05) is 43.3 Å². The minimum atomic E-state index is -0.839. The van der Waals surface area contributed by atoms with Crippen molar-refractivity contribution < 1.29 is 24.2 Å². The van der Waals surface area contributed by atoms with Crippen molar-refractivity contribution >= 4 is 33.9 Å². The number of aryl methyl sites for hydroxylation is 1. The van der Waals surface area contributed by atoms with Gasteiger partial charge in [0.2, 0.25) is 0 Å². The Morgan fingerprint density at radius 3 is 2.33 bits per heavy atom. The second kappa shape index (κ2) is 11.5. The molecule has 1 saturated heterocycles. The Morgan fingerprint density at radius 2 is 1.67 bits per heavy atom. The third-order valence-corrected chi connectivity index (χ3v) is 7.29. The van der Waals surface area contributed by atoms with Crippen molar-refractivity contribution in [1.29, 1.82) is 0 Å². The largest absolute Gasteiger partial charge is 0.507 e. The number of hydrogen-bond donors (Lipinski definition) is 1. The van der Waals surface area contributed by atoms with Crippen LogP contribution in [0.5, 0.6) is 11.5 Å². The van der Waals surface area contributed by atoms with Gasteiger partial charge in [0.05, 0.1) is 18.2 Å². The summed E-state index contributed by atoms with van der Waals surface area (Å²) in [6.45, 7) is 5.05. The lowest BCUT2D eigenvalue weighted by molar-refractivity contribution is -0.132. The van der Waals surface area contributed by atoms with Gasteiger partial charge in [-0.2, -0.15) is 0 Å². The molecule has 0 aliphatic carbocycles. The number of thiazole rings is 1. The zero-order chi connectivity index (χ0) is 27.4. The first-order valence-electron chi connectivity index (χ1n) is 12.7. The SMILES string of the molecule is CCCOc1ccc(C2C(=C(O)c3ccc(OCc4ccccc4C)cc3)C(=O)C(=O)N2c2nccs2)cc1. The molecule has 3 aromatic carbocycles.